The van der Waals surface area contributed by atoms with Crippen molar-refractivity contribution in [3.63, 3.8) is 0 Å². The Labute approximate surface area is 182 Å². The number of rotatable bonds is 6. The van der Waals surface area contributed by atoms with Crippen LogP contribution in [-0.2, 0) is 39.3 Å². The number of halogens is 4. The minimum Gasteiger partial charge on any atom is -0.493 e. The Bertz CT molecular complexity index is 809. The summed E-state index contributed by atoms with van der Waals surface area (Å²) in [6.07, 6.45) is -0.479. The third-order valence-electron chi connectivity index (χ3n) is 3.75. The molecule has 8 heteroatoms. The summed E-state index contributed by atoms with van der Waals surface area (Å²) in [5, 5.41) is 0. The standard InChI is InChI=1S/C17H14F3INO2.Y/c18-13-7-11(24-9-10-1-2-10)3-4-12(13)15-6-5-14(21)17(23)22(15)8-16(19)20;/h3-5,7,10,16H,1-2,8-9H2;/q-1;. The van der Waals surface area contributed by atoms with E-state index in [-0.39, 0.29) is 47.5 Å². The zero-order valence-corrected chi connectivity index (χ0v) is 18.1. The topological polar surface area (TPSA) is 31.2 Å². The zero-order valence-electron chi connectivity index (χ0n) is 13.1. The van der Waals surface area contributed by atoms with Crippen LogP contribution < -0.4 is 10.3 Å². The maximum Gasteiger partial charge on any atom is 0.256 e. The van der Waals surface area contributed by atoms with E-state index in [2.05, 4.69) is 6.07 Å². The van der Waals surface area contributed by atoms with Crippen LogP contribution in [0.3, 0.4) is 0 Å². The maximum absolute atomic E-state index is 14.4. The van der Waals surface area contributed by atoms with E-state index in [1.807, 2.05) is 0 Å². The van der Waals surface area contributed by atoms with Crippen LogP contribution in [0, 0.1) is 21.4 Å². The second-order valence-corrected chi connectivity index (χ2v) is 6.85. The Morgan fingerprint density at radius 2 is 2.08 bits per heavy atom. The molecule has 0 amide bonds. The Morgan fingerprint density at radius 3 is 2.68 bits per heavy atom. The fourth-order valence-electron chi connectivity index (χ4n) is 2.31. The summed E-state index contributed by atoms with van der Waals surface area (Å²) in [7, 11) is 0. The monoisotopic (exact) mass is 537 g/mol. The van der Waals surface area contributed by atoms with Crippen LogP contribution >= 0.6 is 22.6 Å². The smallest absolute Gasteiger partial charge is 0.256 e. The molecule has 1 saturated carbocycles. The van der Waals surface area contributed by atoms with E-state index in [4.69, 9.17) is 4.74 Å². The Morgan fingerprint density at radius 1 is 1.36 bits per heavy atom. The van der Waals surface area contributed by atoms with Crippen LogP contribution in [0.5, 0.6) is 5.75 Å². The number of hydrogen-bond acceptors (Lipinski definition) is 2. The van der Waals surface area contributed by atoms with Crippen molar-refractivity contribution in [3.05, 3.63) is 50.1 Å². The summed E-state index contributed by atoms with van der Waals surface area (Å²) in [5.74, 6) is 0.285. The first-order valence-electron chi connectivity index (χ1n) is 7.47. The predicted octanol–water partition coefficient (Wildman–Crippen LogP) is 4.11. The molecule has 25 heavy (non-hydrogen) atoms. The summed E-state index contributed by atoms with van der Waals surface area (Å²) in [6.45, 7) is -0.259. The first-order valence-corrected chi connectivity index (χ1v) is 8.55. The molecule has 131 valence electrons. The van der Waals surface area contributed by atoms with E-state index < -0.39 is 24.3 Å². The van der Waals surface area contributed by atoms with Gasteiger partial charge in [-0.3, -0.25) is 4.79 Å². The van der Waals surface area contributed by atoms with Gasteiger partial charge in [0.1, 0.15) is 5.75 Å². The average molecular weight is 537 g/mol. The van der Waals surface area contributed by atoms with Gasteiger partial charge in [0.2, 0.25) is 5.56 Å². The van der Waals surface area contributed by atoms with Gasteiger partial charge in [-0.1, -0.05) is 11.3 Å². The molecule has 2 aromatic rings. The minimum atomic E-state index is -2.72. The van der Waals surface area contributed by atoms with Gasteiger partial charge in [0.15, 0.2) is 0 Å². The molecule has 0 aliphatic heterocycles. The van der Waals surface area contributed by atoms with Crippen LogP contribution in [-0.4, -0.2) is 17.6 Å². The van der Waals surface area contributed by atoms with Gasteiger partial charge < -0.3 is 9.30 Å². The first kappa shape index (κ1) is 20.9. The quantitative estimate of drug-likeness (QED) is 0.411. The number of ether oxygens (including phenoxy) is 1. The molecule has 0 saturated heterocycles. The molecular formula is C17H14F3INO2Y-. The van der Waals surface area contributed by atoms with E-state index in [9.17, 15) is 18.0 Å². The number of pyridine rings is 1. The van der Waals surface area contributed by atoms with Crippen LogP contribution in [0.2, 0.25) is 0 Å². The van der Waals surface area contributed by atoms with E-state index in [1.165, 1.54) is 18.2 Å². The molecule has 0 spiro atoms. The molecule has 1 aromatic carbocycles. The fourth-order valence-corrected chi connectivity index (χ4v) is 2.76. The number of alkyl halides is 2. The van der Waals surface area contributed by atoms with E-state index in [0.29, 0.717) is 18.3 Å². The Kier molecular flexibility index (Phi) is 7.52. The molecule has 1 fully saturated rings. The first-order chi connectivity index (χ1) is 11.5. The van der Waals surface area contributed by atoms with Crippen molar-refractivity contribution < 1.29 is 50.6 Å². The number of benzene rings is 1. The normalized spacial score (nSPS) is 13.6. The van der Waals surface area contributed by atoms with E-state index in [0.717, 1.165) is 17.4 Å². The maximum atomic E-state index is 14.4. The number of hydrogen-bond donors (Lipinski definition) is 0. The van der Waals surface area contributed by atoms with Gasteiger partial charge in [0.05, 0.1) is 19.0 Å². The second-order valence-electron chi connectivity index (χ2n) is 5.69. The van der Waals surface area contributed by atoms with Crippen molar-refractivity contribution in [2.45, 2.75) is 25.8 Å². The van der Waals surface area contributed by atoms with Crippen LogP contribution in [0.15, 0.2) is 29.1 Å². The molecule has 0 atom stereocenters. The van der Waals surface area contributed by atoms with Gasteiger partial charge in [0.25, 0.3) is 6.43 Å². The van der Waals surface area contributed by atoms with Gasteiger partial charge in [-0.25, -0.2) is 13.2 Å². The summed E-state index contributed by atoms with van der Waals surface area (Å²) >= 11 is 1.75. The molecule has 1 aliphatic carbocycles. The molecule has 3 nitrogen and oxygen atoms in total. The van der Waals surface area contributed by atoms with E-state index >= 15 is 0 Å². The second kappa shape index (κ2) is 8.99. The van der Waals surface area contributed by atoms with Gasteiger partial charge in [-0.15, -0.1) is 28.7 Å². The molecule has 1 radical (unpaired) electrons. The van der Waals surface area contributed by atoms with Crippen LogP contribution in [0.25, 0.3) is 11.3 Å². The Balaban J connectivity index is 0.00000225. The molecule has 1 heterocycles. The van der Waals surface area contributed by atoms with Gasteiger partial charge in [-0.2, -0.15) is 12.1 Å². The van der Waals surface area contributed by atoms with Crippen molar-refractivity contribution in [2.75, 3.05) is 6.61 Å². The molecule has 0 bridgehead atoms. The molecule has 3 rings (SSSR count). The molecular weight excluding hydrogens is 523 g/mol. The molecule has 1 aliphatic rings. The van der Waals surface area contributed by atoms with Gasteiger partial charge in [-0.05, 0) is 28.4 Å². The van der Waals surface area contributed by atoms with Crippen molar-refractivity contribution in [3.8, 4) is 17.0 Å². The van der Waals surface area contributed by atoms with Crippen LogP contribution in [0.1, 0.15) is 12.8 Å². The van der Waals surface area contributed by atoms with Gasteiger partial charge in [0, 0.05) is 38.8 Å². The van der Waals surface area contributed by atoms with Crippen molar-refractivity contribution in [1.29, 1.82) is 0 Å². The minimum absolute atomic E-state index is 0. The molecule has 0 unspecified atom stereocenters. The summed E-state index contributed by atoms with van der Waals surface area (Å²) in [5.41, 5.74) is -0.534. The third-order valence-corrected chi connectivity index (χ3v) is 4.53. The summed E-state index contributed by atoms with van der Waals surface area (Å²) < 4.78 is 46.6. The van der Waals surface area contributed by atoms with Crippen molar-refractivity contribution in [2.24, 2.45) is 5.92 Å². The summed E-state index contributed by atoms with van der Waals surface area (Å²) in [6, 6.07) is 8.31. The predicted molar refractivity (Wildman–Crippen MR) is 91.9 cm³/mol. The summed E-state index contributed by atoms with van der Waals surface area (Å²) in [4.78, 5) is 12.1. The largest absolute Gasteiger partial charge is 0.493 e. The van der Waals surface area contributed by atoms with Crippen molar-refractivity contribution in [1.82, 2.24) is 4.57 Å². The number of nitrogens with zero attached hydrogens (tertiary/aromatic N) is 1. The zero-order chi connectivity index (χ0) is 17.3. The number of aromatic nitrogens is 1. The third kappa shape index (κ3) is 5.29. The Hall–Kier alpha value is -0.406. The van der Waals surface area contributed by atoms with Gasteiger partial charge >= 0.3 is 0 Å². The fraction of sp³-hybridized carbons (Fsp3) is 0.353. The molecule has 0 N–H and O–H groups in total. The van der Waals surface area contributed by atoms with Crippen LogP contribution in [0.4, 0.5) is 13.2 Å². The SMILES string of the molecule is O=c1c(I)c[c-]c(-c2ccc(OCC3CC3)cc2F)n1CC(F)F.[Y]. The van der Waals surface area contributed by atoms with E-state index in [1.54, 1.807) is 28.7 Å². The molecule has 1 aromatic heterocycles. The average Bonchev–Trinajstić information content (AvgIpc) is 3.35. The van der Waals surface area contributed by atoms with Crippen molar-refractivity contribution >= 4 is 22.6 Å².